The normalized spacial score (nSPS) is 23.5. The Bertz CT molecular complexity index is 941. The summed E-state index contributed by atoms with van der Waals surface area (Å²) in [4.78, 5) is 48.9. The molecule has 9 heteroatoms. The van der Waals surface area contributed by atoms with Gasteiger partial charge in [0.2, 0.25) is 5.96 Å². The summed E-state index contributed by atoms with van der Waals surface area (Å²) < 4.78 is 5.25. The maximum absolute atomic E-state index is 13.2. The number of urea groups is 1. The molecule has 1 aromatic rings. The quantitative estimate of drug-likeness (QED) is 0.710. The zero-order chi connectivity index (χ0) is 20.9. The van der Waals surface area contributed by atoms with Crippen molar-refractivity contribution in [3.05, 3.63) is 47.3 Å². The number of guanidine groups is 1. The van der Waals surface area contributed by atoms with Gasteiger partial charge in [-0.2, -0.15) is 0 Å². The lowest BCUT2D eigenvalue weighted by Crippen LogP contribution is -2.65. The van der Waals surface area contributed by atoms with E-state index in [1.165, 1.54) is 4.90 Å². The molecule has 0 aromatic heterocycles. The second kappa shape index (κ2) is 6.91. The Balaban J connectivity index is 1.50. The molecule has 0 saturated carbocycles. The molecule has 1 fully saturated rings. The summed E-state index contributed by atoms with van der Waals surface area (Å²) in [5.41, 5.74) is 2.73. The molecule has 29 heavy (non-hydrogen) atoms. The lowest BCUT2D eigenvalue weighted by Gasteiger charge is -2.40. The number of fused-ring (bicyclic) bond motifs is 3. The molecule has 1 aromatic carbocycles. The molecule has 2 atom stereocenters. The average molecular weight is 397 g/mol. The number of carbonyl (C=O) groups is 3. The molecule has 0 spiro atoms. The number of hydrogen-bond acceptors (Lipinski definition) is 7. The Morgan fingerprint density at radius 2 is 1.79 bits per heavy atom. The highest BCUT2D eigenvalue weighted by molar-refractivity contribution is 6.06. The van der Waals surface area contributed by atoms with E-state index < -0.39 is 36.7 Å². The van der Waals surface area contributed by atoms with Crippen LogP contribution in [-0.2, 0) is 20.9 Å². The molecule has 3 aliphatic heterocycles. The van der Waals surface area contributed by atoms with E-state index in [2.05, 4.69) is 4.99 Å². The minimum absolute atomic E-state index is 0.0863. The van der Waals surface area contributed by atoms with E-state index in [9.17, 15) is 14.4 Å². The van der Waals surface area contributed by atoms with Gasteiger partial charge in [-0.25, -0.2) is 9.79 Å². The zero-order valence-corrected chi connectivity index (χ0v) is 16.8. The van der Waals surface area contributed by atoms with Gasteiger partial charge in [-0.1, -0.05) is 30.3 Å². The third-order valence-corrected chi connectivity index (χ3v) is 5.69. The van der Waals surface area contributed by atoms with Gasteiger partial charge in [0.15, 0.2) is 12.2 Å². The summed E-state index contributed by atoms with van der Waals surface area (Å²) in [6.45, 7) is 3.52. The Kier molecular flexibility index (Phi) is 4.52. The number of amides is 3. The van der Waals surface area contributed by atoms with Gasteiger partial charge >= 0.3 is 12.0 Å². The first-order chi connectivity index (χ1) is 13.8. The largest absolute Gasteiger partial charge is 0.459 e. The lowest BCUT2D eigenvalue weighted by atomic mass is 10.1. The van der Waals surface area contributed by atoms with Gasteiger partial charge in [0.25, 0.3) is 5.91 Å². The van der Waals surface area contributed by atoms with Gasteiger partial charge in [0, 0.05) is 25.5 Å². The van der Waals surface area contributed by atoms with E-state index in [4.69, 9.17) is 4.74 Å². The fraction of sp³-hybridized carbons (Fsp3) is 0.400. The van der Waals surface area contributed by atoms with Crippen LogP contribution in [0.3, 0.4) is 0 Å². The number of rotatable bonds is 4. The van der Waals surface area contributed by atoms with E-state index in [0.717, 1.165) is 21.9 Å². The minimum atomic E-state index is -0.686. The molecular weight excluding hydrogens is 374 g/mol. The predicted octanol–water partition coefficient (Wildman–Crippen LogP) is 1.19. The molecule has 9 nitrogen and oxygen atoms in total. The van der Waals surface area contributed by atoms with Crippen molar-refractivity contribution in [3.8, 4) is 0 Å². The summed E-state index contributed by atoms with van der Waals surface area (Å²) in [6, 6.07) is 7.99. The fourth-order valence-electron chi connectivity index (χ4n) is 3.83. The Morgan fingerprint density at radius 3 is 2.48 bits per heavy atom. The molecule has 0 bridgehead atoms. The Morgan fingerprint density at radius 1 is 1.10 bits per heavy atom. The van der Waals surface area contributed by atoms with E-state index in [1.54, 1.807) is 7.05 Å². The van der Waals surface area contributed by atoms with E-state index in [0.29, 0.717) is 5.96 Å². The first-order valence-electron chi connectivity index (χ1n) is 9.37. The number of hydrogen-bond donors (Lipinski definition) is 0. The third kappa shape index (κ3) is 2.93. The summed E-state index contributed by atoms with van der Waals surface area (Å²) in [5, 5.41) is 0. The smallest absolute Gasteiger partial charge is 0.328 e. The van der Waals surface area contributed by atoms with Gasteiger partial charge in [-0.3, -0.25) is 19.4 Å². The number of aliphatic imine (C=N–C) groups is 1. The second-order valence-corrected chi connectivity index (χ2v) is 7.35. The summed E-state index contributed by atoms with van der Waals surface area (Å²) in [5.74, 6) is -0.448. The number of likely N-dealkylation sites (N-methyl/N-ethyl adjacent to an activating group) is 1. The lowest BCUT2D eigenvalue weighted by molar-refractivity contribution is -0.151. The maximum Gasteiger partial charge on any atom is 0.328 e. The highest BCUT2D eigenvalue weighted by atomic mass is 16.5. The van der Waals surface area contributed by atoms with Crippen LogP contribution in [-0.4, -0.2) is 76.3 Å². The summed E-state index contributed by atoms with van der Waals surface area (Å²) in [6.07, 6.45) is -0.618. The van der Waals surface area contributed by atoms with Crippen LogP contribution in [0.2, 0.25) is 0 Å². The Hall–Kier alpha value is -3.36. The highest BCUT2D eigenvalue weighted by Crippen LogP contribution is 2.36. The molecule has 1 saturated heterocycles. The molecule has 0 N–H and O–H groups in total. The van der Waals surface area contributed by atoms with Crippen LogP contribution < -0.4 is 0 Å². The van der Waals surface area contributed by atoms with Crippen molar-refractivity contribution in [2.75, 3.05) is 20.6 Å². The standard InChI is InChI=1S/C20H23N5O4/c1-12-13(2)25-16-17(21-19(25)22(12)3)23(4)20(28)24(18(16)27)10-15(26)29-11-14-8-6-5-7-9-14/h5-9,16-17H,10-11H2,1-4H3. The van der Waals surface area contributed by atoms with Gasteiger partial charge < -0.3 is 14.5 Å². The fourth-order valence-corrected chi connectivity index (χ4v) is 3.83. The molecule has 0 aliphatic carbocycles. The van der Waals surface area contributed by atoms with Crippen molar-refractivity contribution in [2.45, 2.75) is 32.7 Å². The van der Waals surface area contributed by atoms with Crippen molar-refractivity contribution in [2.24, 2.45) is 4.99 Å². The topological polar surface area (TPSA) is 85.8 Å². The molecule has 3 aliphatic rings. The minimum Gasteiger partial charge on any atom is -0.459 e. The van der Waals surface area contributed by atoms with E-state index >= 15 is 0 Å². The SMILES string of the molecule is CC1=C(C)N2C(=NC3C2C(=O)N(CC(=O)OCc2ccccc2)C(=O)N3C)N1C. The van der Waals surface area contributed by atoms with E-state index in [1.807, 2.05) is 61.0 Å². The first kappa shape index (κ1) is 19.0. The Labute approximate surface area is 168 Å². The third-order valence-electron chi connectivity index (χ3n) is 5.69. The number of ether oxygens (including phenoxy) is 1. The monoisotopic (exact) mass is 397 g/mol. The summed E-state index contributed by atoms with van der Waals surface area (Å²) in [7, 11) is 3.47. The molecule has 4 rings (SSSR count). The number of carbonyl (C=O) groups excluding carboxylic acids is 3. The molecule has 3 heterocycles. The van der Waals surface area contributed by atoms with Gasteiger partial charge in [0.05, 0.1) is 0 Å². The number of benzene rings is 1. The summed E-state index contributed by atoms with van der Waals surface area (Å²) >= 11 is 0. The number of allylic oxidation sites excluding steroid dienone is 2. The van der Waals surface area contributed by atoms with Crippen molar-refractivity contribution >= 4 is 23.9 Å². The van der Waals surface area contributed by atoms with Crippen LogP contribution in [0.5, 0.6) is 0 Å². The van der Waals surface area contributed by atoms with Crippen LogP contribution in [0, 0.1) is 0 Å². The second-order valence-electron chi connectivity index (χ2n) is 7.35. The molecule has 152 valence electrons. The van der Waals surface area contributed by atoms with Crippen molar-refractivity contribution in [1.29, 1.82) is 0 Å². The highest BCUT2D eigenvalue weighted by Gasteiger charge is 2.55. The van der Waals surface area contributed by atoms with Crippen LogP contribution in [0.25, 0.3) is 0 Å². The van der Waals surface area contributed by atoms with Crippen molar-refractivity contribution in [1.82, 2.24) is 19.6 Å². The van der Waals surface area contributed by atoms with Crippen LogP contribution in [0.1, 0.15) is 19.4 Å². The van der Waals surface area contributed by atoms with Crippen LogP contribution >= 0.6 is 0 Å². The van der Waals surface area contributed by atoms with Crippen molar-refractivity contribution < 1.29 is 19.1 Å². The number of esters is 1. The maximum atomic E-state index is 13.2. The molecule has 0 radical (unpaired) electrons. The number of imide groups is 1. The van der Waals surface area contributed by atoms with Crippen LogP contribution in [0.15, 0.2) is 46.7 Å². The van der Waals surface area contributed by atoms with Gasteiger partial charge in [-0.05, 0) is 19.4 Å². The van der Waals surface area contributed by atoms with Gasteiger partial charge in [0.1, 0.15) is 13.2 Å². The molecular formula is C20H23N5O4. The zero-order valence-electron chi connectivity index (χ0n) is 16.8. The first-order valence-corrected chi connectivity index (χ1v) is 9.37. The van der Waals surface area contributed by atoms with Gasteiger partial charge in [-0.15, -0.1) is 0 Å². The molecule has 3 amide bonds. The van der Waals surface area contributed by atoms with Crippen molar-refractivity contribution in [3.63, 3.8) is 0 Å². The predicted molar refractivity (Wildman–Crippen MR) is 104 cm³/mol. The van der Waals surface area contributed by atoms with Crippen LogP contribution in [0.4, 0.5) is 4.79 Å². The average Bonchev–Trinajstić information content (AvgIpc) is 3.21. The molecule has 2 unspecified atom stereocenters. The van der Waals surface area contributed by atoms with E-state index in [-0.39, 0.29) is 6.61 Å². The number of nitrogens with zero attached hydrogens (tertiary/aromatic N) is 5.